The van der Waals surface area contributed by atoms with Crippen LogP contribution in [0.5, 0.6) is 11.5 Å². The van der Waals surface area contributed by atoms with Crippen LogP contribution in [-0.4, -0.2) is 53.5 Å². The zero-order valence-corrected chi connectivity index (χ0v) is 19.7. The second-order valence-electron chi connectivity index (χ2n) is 9.15. The second-order valence-corrected chi connectivity index (χ2v) is 9.15. The Morgan fingerprint density at radius 3 is 2.66 bits per heavy atom. The zero-order valence-electron chi connectivity index (χ0n) is 19.7. The maximum Gasteiger partial charge on any atom is 0.387 e. The predicted octanol–water partition coefficient (Wildman–Crippen LogP) is 4.36. The van der Waals surface area contributed by atoms with Crippen LogP contribution in [-0.2, 0) is 5.54 Å². The van der Waals surface area contributed by atoms with Crippen LogP contribution >= 0.6 is 0 Å². The van der Waals surface area contributed by atoms with Crippen LogP contribution in [0.15, 0.2) is 36.7 Å². The minimum absolute atomic E-state index is 0.00988. The number of carbonyl (C=O) groups is 1. The van der Waals surface area contributed by atoms with Gasteiger partial charge >= 0.3 is 6.61 Å². The van der Waals surface area contributed by atoms with Crippen molar-refractivity contribution in [3.05, 3.63) is 47.8 Å². The van der Waals surface area contributed by atoms with E-state index in [1.165, 1.54) is 13.2 Å². The van der Waals surface area contributed by atoms with Gasteiger partial charge in [0.1, 0.15) is 23.2 Å². The first-order chi connectivity index (χ1) is 16.6. The molecule has 4 rings (SSSR count). The molecular formula is C25H28F3N3O4. The van der Waals surface area contributed by atoms with Crippen molar-refractivity contribution in [2.24, 2.45) is 5.92 Å². The van der Waals surface area contributed by atoms with Crippen molar-refractivity contribution in [1.82, 2.24) is 14.9 Å². The second kappa shape index (κ2) is 9.87. The topological polar surface area (TPSA) is 85.1 Å². The lowest BCUT2D eigenvalue weighted by Crippen LogP contribution is -2.38. The molecule has 2 N–H and O–H groups in total. The van der Waals surface area contributed by atoms with Crippen LogP contribution in [0.25, 0.3) is 16.6 Å². The number of hydrogen-bond donors (Lipinski definition) is 2. The van der Waals surface area contributed by atoms with E-state index in [2.05, 4.69) is 10.4 Å². The molecule has 0 unspecified atom stereocenters. The third-order valence-electron chi connectivity index (χ3n) is 6.29. The van der Waals surface area contributed by atoms with Gasteiger partial charge in [-0.2, -0.15) is 13.9 Å². The molecular weight excluding hydrogens is 463 g/mol. The molecule has 0 saturated heterocycles. The molecule has 1 aromatic carbocycles. The number of fused-ring (bicyclic) bond motifs is 1. The number of aromatic nitrogens is 2. The van der Waals surface area contributed by atoms with E-state index in [1.54, 1.807) is 16.8 Å². The Kier molecular flexibility index (Phi) is 7.05. The fourth-order valence-corrected chi connectivity index (χ4v) is 4.18. The lowest BCUT2D eigenvalue weighted by molar-refractivity contribution is -0.0502. The van der Waals surface area contributed by atoms with E-state index < -0.39 is 30.0 Å². The first-order valence-corrected chi connectivity index (χ1v) is 11.3. The molecule has 0 aliphatic heterocycles. The van der Waals surface area contributed by atoms with Gasteiger partial charge in [0.2, 0.25) is 0 Å². The Morgan fingerprint density at radius 2 is 2.03 bits per heavy atom. The van der Waals surface area contributed by atoms with Crippen molar-refractivity contribution >= 4 is 11.3 Å². The summed E-state index contributed by atoms with van der Waals surface area (Å²) < 4.78 is 51.6. The lowest BCUT2D eigenvalue weighted by atomic mass is 9.95. The Balaban J connectivity index is 1.74. The first-order valence-electron chi connectivity index (χ1n) is 11.3. The molecule has 2 aromatic heterocycles. The zero-order chi connectivity index (χ0) is 25.3. The summed E-state index contributed by atoms with van der Waals surface area (Å²) in [4.78, 5) is 12.8. The number of hydrogen-bond acceptors (Lipinski definition) is 6. The van der Waals surface area contributed by atoms with Gasteiger partial charge in [-0.15, -0.1) is 0 Å². The maximum absolute atomic E-state index is 13.3. The molecule has 1 fully saturated rings. The van der Waals surface area contributed by atoms with Gasteiger partial charge in [0.15, 0.2) is 5.78 Å². The molecule has 1 saturated carbocycles. The molecule has 0 radical (unpaired) electrons. The number of carbonyl (C=O) groups excluding carboxylic acids is 1. The molecule has 3 aromatic rings. The molecule has 188 valence electrons. The number of methoxy groups -OCH3 is 1. The summed E-state index contributed by atoms with van der Waals surface area (Å²) in [7, 11) is 1.33. The number of ketones is 1. The van der Waals surface area contributed by atoms with Gasteiger partial charge in [-0.25, -0.2) is 8.91 Å². The Hall–Kier alpha value is -3.11. The number of benzene rings is 1. The molecule has 1 aliphatic carbocycles. The van der Waals surface area contributed by atoms with Crippen LogP contribution < -0.4 is 14.8 Å². The number of halogens is 3. The summed E-state index contributed by atoms with van der Waals surface area (Å²) in [6.45, 7) is 1.25. The number of alkyl halides is 3. The van der Waals surface area contributed by atoms with Gasteiger partial charge in [-0.05, 0) is 49.6 Å². The third kappa shape index (κ3) is 5.28. The highest BCUT2D eigenvalue weighted by Gasteiger charge is 2.40. The van der Waals surface area contributed by atoms with Crippen molar-refractivity contribution in [3.63, 3.8) is 0 Å². The third-order valence-corrected chi connectivity index (χ3v) is 6.29. The number of aliphatic hydroxyl groups excluding tert-OH is 1. The van der Waals surface area contributed by atoms with Gasteiger partial charge in [0.25, 0.3) is 0 Å². The number of nitrogens with one attached hydrogen (secondary N) is 1. The largest absolute Gasteiger partial charge is 0.496 e. The van der Waals surface area contributed by atoms with Gasteiger partial charge in [-0.3, -0.25) is 4.79 Å². The highest BCUT2D eigenvalue weighted by molar-refractivity contribution is 6.03. The molecule has 2 heterocycles. The van der Waals surface area contributed by atoms with Crippen LogP contribution in [0, 0.1) is 5.92 Å². The summed E-state index contributed by atoms with van der Waals surface area (Å²) >= 11 is 0. The van der Waals surface area contributed by atoms with Crippen molar-refractivity contribution in [2.75, 3.05) is 20.3 Å². The first kappa shape index (κ1) is 25.0. The van der Waals surface area contributed by atoms with E-state index in [-0.39, 0.29) is 36.5 Å². The Bertz CT molecular complexity index is 1230. The molecule has 35 heavy (non-hydrogen) atoms. The van der Waals surface area contributed by atoms with Crippen molar-refractivity contribution in [2.45, 2.75) is 45.0 Å². The van der Waals surface area contributed by atoms with Crippen molar-refractivity contribution in [1.29, 1.82) is 0 Å². The molecule has 2 atom stereocenters. The number of Topliss-reactive ketones (excluding diaryl/α,β-unsaturated/α-hetero) is 1. The molecule has 0 spiro atoms. The average Bonchev–Trinajstić information content (AvgIpc) is 3.33. The SMILES string of the molecule is COc1cc(-c2cnn3cc(C(C)(C)NCCO)ccc23)cc(OC(F)F)c1C(=O)C[C@@H]1C[C@@H]1F. The fraction of sp³-hybridized carbons (Fsp3) is 0.440. The van der Waals surface area contributed by atoms with E-state index in [0.717, 1.165) is 5.56 Å². The van der Waals surface area contributed by atoms with Gasteiger partial charge in [0, 0.05) is 36.2 Å². The minimum atomic E-state index is -3.16. The van der Waals surface area contributed by atoms with Crippen LogP contribution in [0.4, 0.5) is 13.2 Å². The maximum atomic E-state index is 13.3. The van der Waals surface area contributed by atoms with E-state index in [1.807, 2.05) is 32.2 Å². The smallest absolute Gasteiger partial charge is 0.387 e. The number of ether oxygens (including phenoxy) is 2. The average molecular weight is 492 g/mol. The number of aliphatic hydroxyl groups is 1. The van der Waals surface area contributed by atoms with E-state index >= 15 is 0 Å². The van der Waals surface area contributed by atoms with E-state index in [4.69, 9.17) is 14.6 Å². The highest BCUT2D eigenvalue weighted by Crippen LogP contribution is 2.42. The minimum Gasteiger partial charge on any atom is -0.496 e. The van der Waals surface area contributed by atoms with Gasteiger partial charge in [-0.1, -0.05) is 6.07 Å². The monoisotopic (exact) mass is 491 g/mol. The predicted molar refractivity (Wildman–Crippen MR) is 124 cm³/mol. The van der Waals surface area contributed by atoms with Gasteiger partial charge in [0.05, 0.1) is 25.4 Å². The van der Waals surface area contributed by atoms with Crippen LogP contribution in [0.3, 0.4) is 0 Å². The van der Waals surface area contributed by atoms with Crippen molar-refractivity contribution in [3.8, 4) is 22.6 Å². The van der Waals surface area contributed by atoms with Crippen molar-refractivity contribution < 1.29 is 32.5 Å². The van der Waals surface area contributed by atoms with E-state index in [0.29, 0.717) is 23.2 Å². The summed E-state index contributed by atoms with van der Waals surface area (Å²) in [6, 6.07) is 6.70. The summed E-state index contributed by atoms with van der Waals surface area (Å²) in [5.74, 6) is -1.15. The van der Waals surface area contributed by atoms with E-state index in [9.17, 15) is 18.0 Å². The fourth-order valence-electron chi connectivity index (χ4n) is 4.18. The lowest BCUT2D eigenvalue weighted by Gasteiger charge is -2.26. The summed E-state index contributed by atoms with van der Waals surface area (Å²) in [5, 5.41) is 16.8. The molecule has 0 bridgehead atoms. The molecule has 1 aliphatic rings. The highest BCUT2D eigenvalue weighted by atomic mass is 19.3. The van der Waals surface area contributed by atoms with Crippen LogP contribution in [0.1, 0.15) is 42.6 Å². The quantitative estimate of drug-likeness (QED) is 0.388. The Labute approximate surface area is 200 Å². The summed E-state index contributed by atoms with van der Waals surface area (Å²) in [5.41, 5.74) is 2.19. The summed E-state index contributed by atoms with van der Waals surface area (Å²) in [6.07, 6.45) is 2.58. The number of pyridine rings is 1. The standard InChI is InChI=1S/C25H28F3N3O4/c1-25(2,29-6-7-32)16-4-5-19-17(12-30-31(19)13-16)14-10-21(34-3)23(22(11-14)35-24(27)28)20(33)9-15-8-18(15)26/h4-5,10-13,15,18,24,29,32H,6-9H2,1-3H3/t15-,18-/m0/s1. The molecule has 7 nitrogen and oxygen atoms in total. The molecule has 0 amide bonds. The number of nitrogens with zero attached hydrogens (tertiary/aromatic N) is 2. The Morgan fingerprint density at radius 1 is 1.31 bits per heavy atom. The normalized spacial score (nSPS) is 17.7. The van der Waals surface area contributed by atoms with Crippen LogP contribution in [0.2, 0.25) is 0 Å². The molecule has 10 heteroatoms. The number of rotatable bonds is 11. The van der Waals surface area contributed by atoms with Gasteiger partial charge < -0.3 is 19.9 Å².